The van der Waals surface area contributed by atoms with Crippen molar-refractivity contribution in [1.29, 1.82) is 0 Å². The number of ether oxygens (including phenoxy) is 3. The van der Waals surface area contributed by atoms with Gasteiger partial charge in [-0.1, -0.05) is 0 Å². The van der Waals surface area contributed by atoms with E-state index in [2.05, 4.69) is 0 Å². The lowest BCUT2D eigenvalue weighted by atomic mass is 10.1. The Labute approximate surface area is 137 Å². The minimum Gasteiger partial charge on any atom is -0.497 e. The number of nitrogens with zero attached hydrogens (tertiary/aromatic N) is 1. The van der Waals surface area contributed by atoms with Gasteiger partial charge in [0.05, 0.1) is 19.3 Å². The van der Waals surface area contributed by atoms with Crippen molar-refractivity contribution in [3.05, 3.63) is 29.8 Å². The molecule has 0 aliphatic carbocycles. The molecule has 0 unspecified atom stereocenters. The molecule has 3 rings (SSSR count). The number of methoxy groups -OCH3 is 1. The van der Waals surface area contributed by atoms with Crippen LogP contribution in [-0.2, 0) is 9.47 Å². The molecular formula is C18H25NO4. The summed E-state index contributed by atoms with van der Waals surface area (Å²) in [6.07, 6.45) is 4.51. The van der Waals surface area contributed by atoms with Crippen molar-refractivity contribution in [3.8, 4) is 5.75 Å². The topological polar surface area (TPSA) is 48.0 Å². The molecule has 0 spiro atoms. The monoisotopic (exact) mass is 319 g/mol. The molecule has 1 aromatic carbocycles. The summed E-state index contributed by atoms with van der Waals surface area (Å²) in [6, 6.07) is 7.28. The van der Waals surface area contributed by atoms with Crippen LogP contribution in [0.15, 0.2) is 24.3 Å². The van der Waals surface area contributed by atoms with E-state index in [0.717, 1.165) is 44.6 Å². The summed E-state index contributed by atoms with van der Waals surface area (Å²) in [5, 5.41) is 0. The highest BCUT2D eigenvalue weighted by Gasteiger charge is 2.27. The van der Waals surface area contributed by atoms with Crippen LogP contribution in [0.25, 0.3) is 0 Å². The summed E-state index contributed by atoms with van der Waals surface area (Å²) in [5.74, 6) is 0.796. The zero-order chi connectivity index (χ0) is 16.1. The molecule has 2 fully saturated rings. The standard InChI is InChI=1S/C18H25NO4/c1-21-15-8-6-14(7-9-15)18(20)19(12-16-4-2-10-22-16)13-17-5-3-11-23-17/h6-9,16-17H,2-5,10-13H2,1H3/t16-,17-/m1/s1. The molecule has 23 heavy (non-hydrogen) atoms. The molecule has 0 bridgehead atoms. The first-order valence-electron chi connectivity index (χ1n) is 8.43. The summed E-state index contributed by atoms with van der Waals surface area (Å²) in [4.78, 5) is 14.8. The summed E-state index contributed by atoms with van der Waals surface area (Å²) in [5.41, 5.74) is 0.682. The van der Waals surface area contributed by atoms with Crippen molar-refractivity contribution in [2.75, 3.05) is 33.4 Å². The van der Waals surface area contributed by atoms with Crippen LogP contribution in [-0.4, -0.2) is 56.4 Å². The highest BCUT2D eigenvalue weighted by atomic mass is 16.5. The Morgan fingerprint density at radius 1 is 1.09 bits per heavy atom. The van der Waals surface area contributed by atoms with E-state index in [1.54, 1.807) is 7.11 Å². The van der Waals surface area contributed by atoms with E-state index >= 15 is 0 Å². The Morgan fingerprint density at radius 2 is 1.65 bits per heavy atom. The second-order valence-electron chi connectivity index (χ2n) is 6.21. The molecule has 0 radical (unpaired) electrons. The van der Waals surface area contributed by atoms with E-state index in [0.29, 0.717) is 18.7 Å². The predicted molar refractivity (Wildman–Crippen MR) is 86.8 cm³/mol. The van der Waals surface area contributed by atoms with Gasteiger partial charge in [-0.2, -0.15) is 0 Å². The van der Waals surface area contributed by atoms with Crippen molar-refractivity contribution in [2.45, 2.75) is 37.9 Å². The van der Waals surface area contributed by atoms with E-state index < -0.39 is 0 Å². The van der Waals surface area contributed by atoms with E-state index in [-0.39, 0.29) is 18.1 Å². The second kappa shape index (κ2) is 7.79. The van der Waals surface area contributed by atoms with Gasteiger partial charge in [0.25, 0.3) is 5.91 Å². The maximum atomic E-state index is 12.9. The van der Waals surface area contributed by atoms with Crippen LogP contribution in [0.5, 0.6) is 5.75 Å². The molecule has 1 amide bonds. The molecule has 0 aromatic heterocycles. The first kappa shape index (κ1) is 16.3. The van der Waals surface area contributed by atoms with Gasteiger partial charge in [0, 0.05) is 31.9 Å². The van der Waals surface area contributed by atoms with Crippen molar-refractivity contribution in [1.82, 2.24) is 4.90 Å². The van der Waals surface area contributed by atoms with E-state index in [1.165, 1.54) is 0 Å². The number of carbonyl (C=O) groups is 1. The molecule has 5 heteroatoms. The molecule has 0 saturated carbocycles. The largest absolute Gasteiger partial charge is 0.497 e. The van der Waals surface area contributed by atoms with Gasteiger partial charge < -0.3 is 19.1 Å². The van der Waals surface area contributed by atoms with E-state index in [9.17, 15) is 4.79 Å². The lowest BCUT2D eigenvalue weighted by molar-refractivity contribution is 0.0307. The number of hydrogen-bond acceptors (Lipinski definition) is 4. The Kier molecular flexibility index (Phi) is 5.51. The first-order chi connectivity index (χ1) is 11.3. The fourth-order valence-electron chi connectivity index (χ4n) is 3.22. The summed E-state index contributed by atoms with van der Waals surface area (Å²) < 4.78 is 16.6. The van der Waals surface area contributed by atoms with Gasteiger partial charge in [0.2, 0.25) is 0 Å². The summed E-state index contributed by atoms with van der Waals surface area (Å²) >= 11 is 0. The highest BCUT2D eigenvalue weighted by Crippen LogP contribution is 2.20. The maximum Gasteiger partial charge on any atom is 0.254 e. The molecule has 5 nitrogen and oxygen atoms in total. The van der Waals surface area contributed by atoms with Crippen LogP contribution in [0.2, 0.25) is 0 Å². The smallest absolute Gasteiger partial charge is 0.254 e. The lowest BCUT2D eigenvalue weighted by Gasteiger charge is -2.28. The Balaban J connectivity index is 1.69. The zero-order valence-electron chi connectivity index (χ0n) is 13.7. The highest BCUT2D eigenvalue weighted by molar-refractivity contribution is 5.94. The summed E-state index contributed by atoms with van der Waals surface area (Å²) in [7, 11) is 1.62. The van der Waals surface area contributed by atoms with Crippen LogP contribution in [0.4, 0.5) is 0 Å². The van der Waals surface area contributed by atoms with Crippen LogP contribution < -0.4 is 4.74 Å². The number of rotatable bonds is 6. The molecule has 2 aliphatic heterocycles. The molecule has 2 atom stereocenters. The van der Waals surface area contributed by atoms with Gasteiger partial charge in [0.15, 0.2) is 0 Å². The zero-order valence-corrected chi connectivity index (χ0v) is 13.7. The molecular weight excluding hydrogens is 294 g/mol. The number of carbonyl (C=O) groups excluding carboxylic acids is 1. The number of amides is 1. The molecule has 2 heterocycles. The van der Waals surface area contributed by atoms with Crippen molar-refractivity contribution >= 4 is 5.91 Å². The third kappa shape index (κ3) is 4.24. The third-order valence-electron chi connectivity index (χ3n) is 4.52. The molecule has 126 valence electrons. The average Bonchev–Trinajstić information content (AvgIpc) is 3.27. The van der Waals surface area contributed by atoms with Crippen LogP contribution >= 0.6 is 0 Å². The second-order valence-corrected chi connectivity index (χ2v) is 6.21. The molecule has 2 saturated heterocycles. The first-order valence-corrected chi connectivity index (χ1v) is 8.43. The Hall–Kier alpha value is -1.59. The van der Waals surface area contributed by atoms with Gasteiger partial charge in [-0.25, -0.2) is 0 Å². The quantitative estimate of drug-likeness (QED) is 0.808. The SMILES string of the molecule is COc1ccc(C(=O)N(C[C@H]2CCCO2)C[C@H]2CCCO2)cc1. The minimum absolute atomic E-state index is 0.0404. The van der Waals surface area contributed by atoms with Gasteiger partial charge in [-0.05, 0) is 49.9 Å². The Bertz CT molecular complexity index is 486. The normalized spacial score (nSPS) is 23.9. The van der Waals surface area contributed by atoms with Crippen molar-refractivity contribution in [2.24, 2.45) is 0 Å². The fourth-order valence-corrected chi connectivity index (χ4v) is 3.22. The molecule has 2 aliphatic rings. The number of hydrogen-bond donors (Lipinski definition) is 0. The van der Waals surface area contributed by atoms with E-state index in [4.69, 9.17) is 14.2 Å². The molecule has 0 N–H and O–H groups in total. The average molecular weight is 319 g/mol. The fraction of sp³-hybridized carbons (Fsp3) is 0.611. The van der Waals surface area contributed by atoms with Gasteiger partial charge in [-0.3, -0.25) is 4.79 Å². The third-order valence-corrected chi connectivity index (χ3v) is 4.52. The summed E-state index contributed by atoms with van der Waals surface area (Å²) in [6.45, 7) is 2.89. The lowest BCUT2D eigenvalue weighted by Crippen LogP contribution is -2.41. The van der Waals surface area contributed by atoms with Gasteiger partial charge in [0.1, 0.15) is 5.75 Å². The Morgan fingerprint density at radius 3 is 2.09 bits per heavy atom. The van der Waals surface area contributed by atoms with E-state index in [1.807, 2.05) is 29.2 Å². The maximum absolute atomic E-state index is 12.9. The van der Waals surface area contributed by atoms with Crippen LogP contribution in [0.3, 0.4) is 0 Å². The number of benzene rings is 1. The minimum atomic E-state index is 0.0404. The molecule has 1 aromatic rings. The van der Waals surface area contributed by atoms with Crippen LogP contribution in [0.1, 0.15) is 36.0 Å². The van der Waals surface area contributed by atoms with Crippen molar-refractivity contribution < 1.29 is 19.0 Å². The van der Waals surface area contributed by atoms with Crippen LogP contribution in [0, 0.1) is 0 Å². The van der Waals surface area contributed by atoms with Crippen molar-refractivity contribution in [3.63, 3.8) is 0 Å². The predicted octanol–water partition coefficient (Wildman–Crippen LogP) is 2.50. The van der Waals surface area contributed by atoms with Gasteiger partial charge in [-0.15, -0.1) is 0 Å². The van der Waals surface area contributed by atoms with Gasteiger partial charge >= 0.3 is 0 Å².